The highest BCUT2D eigenvalue weighted by Crippen LogP contribution is 2.52. The van der Waals surface area contributed by atoms with E-state index in [-0.39, 0.29) is 23.7 Å². The largest absolute Gasteiger partial charge is 0.586 e. The molecule has 0 saturated heterocycles. The number of benzene rings is 1. The number of nitrogens with zero attached hydrogens (tertiary/aromatic N) is 1. The number of aromatic nitrogens is 1. The SMILES string of the molecule is Cc1ccc(CC(=O)C2(c3ccc4c(c3)OC(F)(F)O4)CC2)nc1C1=CCCCC1. The van der Waals surface area contributed by atoms with Crippen LogP contribution >= 0.6 is 0 Å². The number of hydrogen-bond acceptors (Lipinski definition) is 4. The van der Waals surface area contributed by atoms with Gasteiger partial charge in [0.25, 0.3) is 0 Å². The zero-order valence-corrected chi connectivity index (χ0v) is 16.8. The topological polar surface area (TPSA) is 48.4 Å². The van der Waals surface area contributed by atoms with Crippen LogP contribution in [0.25, 0.3) is 5.57 Å². The Hall–Kier alpha value is -2.76. The maximum atomic E-state index is 13.3. The molecule has 0 N–H and O–H groups in total. The molecule has 0 radical (unpaired) electrons. The van der Waals surface area contributed by atoms with E-state index < -0.39 is 11.7 Å². The first-order valence-electron chi connectivity index (χ1n) is 10.5. The van der Waals surface area contributed by atoms with Crippen molar-refractivity contribution in [2.24, 2.45) is 0 Å². The summed E-state index contributed by atoms with van der Waals surface area (Å²) in [5.41, 5.74) is 4.20. The Balaban J connectivity index is 1.38. The molecular formula is C24H23F2NO3. The molecule has 2 aromatic rings. The van der Waals surface area contributed by atoms with E-state index in [1.807, 2.05) is 19.1 Å². The summed E-state index contributed by atoms with van der Waals surface area (Å²) in [4.78, 5) is 18.0. The van der Waals surface area contributed by atoms with E-state index in [4.69, 9.17) is 4.98 Å². The number of carbonyl (C=O) groups is 1. The highest BCUT2D eigenvalue weighted by Gasteiger charge is 2.52. The van der Waals surface area contributed by atoms with Crippen LogP contribution in [-0.4, -0.2) is 17.1 Å². The normalized spacial score (nSPS) is 20.6. The predicted molar refractivity (Wildman–Crippen MR) is 108 cm³/mol. The highest BCUT2D eigenvalue weighted by molar-refractivity contribution is 5.94. The number of hydrogen-bond donors (Lipinski definition) is 0. The number of carbonyl (C=O) groups excluding carboxylic acids is 1. The van der Waals surface area contributed by atoms with Crippen LogP contribution in [0.4, 0.5) is 8.78 Å². The maximum absolute atomic E-state index is 13.3. The van der Waals surface area contributed by atoms with Crippen molar-refractivity contribution in [3.63, 3.8) is 0 Å². The van der Waals surface area contributed by atoms with Crippen LogP contribution in [0.3, 0.4) is 0 Å². The molecule has 156 valence electrons. The van der Waals surface area contributed by atoms with E-state index in [0.717, 1.165) is 29.8 Å². The number of allylic oxidation sites excluding steroid dienone is 2. The predicted octanol–water partition coefficient (Wildman–Crippen LogP) is 5.51. The Labute approximate surface area is 173 Å². The van der Waals surface area contributed by atoms with E-state index in [1.54, 1.807) is 6.07 Å². The summed E-state index contributed by atoms with van der Waals surface area (Å²) in [6.45, 7) is 2.05. The zero-order valence-electron chi connectivity index (χ0n) is 16.8. The van der Waals surface area contributed by atoms with Crippen LogP contribution < -0.4 is 9.47 Å². The molecule has 0 spiro atoms. The Morgan fingerprint density at radius 2 is 1.90 bits per heavy atom. The number of alkyl halides is 2. The average molecular weight is 411 g/mol. The second-order valence-corrected chi connectivity index (χ2v) is 8.45. The first kappa shape index (κ1) is 19.2. The second-order valence-electron chi connectivity index (χ2n) is 8.45. The molecule has 0 amide bonds. The molecule has 6 heteroatoms. The average Bonchev–Trinajstić information content (AvgIpc) is 3.47. The summed E-state index contributed by atoms with van der Waals surface area (Å²) >= 11 is 0. The summed E-state index contributed by atoms with van der Waals surface area (Å²) in [5, 5.41) is 0. The van der Waals surface area contributed by atoms with Crippen molar-refractivity contribution in [2.75, 3.05) is 0 Å². The second kappa shape index (κ2) is 6.89. The Bertz CT molecular complexity index is 1060. The molecule has 0 atom stereocenters. The van der Waals surface area contributed by atoms with Crippen molar-refractivity contribution in [1.82, 2.24) is 4.98 Å². The fraction of sp³-hybridized carbons (Fsp3) is 0.417. The molecule has 0 bridgehead atoms. The molecule has 1 saturated carbocycles. The zero-order chi connectivity index (χ0) is 20.9. The third-order valence-electron chi connectivity index (χ3n) is 6.33. The Morgan fingerprint density at radius 3 is 2.63 bits per heavy atom. The van der Waals surface area contributed by atoms with Crippen LogP contribution in [0.1, 0.15) is 61.0 Å². The van der Waals surface area contributed by atoms with E-state index in [0.29, 0.717) is 18.4 Å². The van der Waals surface area contributed by atoms with Gasteiger partial charge in [0.05, 0.1) is 11.1 Å². The fourth-order valence-electron chi connectivity index (χ4n) is 4.48. The third-order valence-corrected chi connectivity index (χ3v) is 6.33. The van der Waals surface area contributed by atoms with Crippen LogP contribution in [0.15, 0.2) is 36.4 Å². The molecular weight excluding hydrogens is 388 g/mol. The summed E-state index contributed by atoms with van der Waals surface area (Å²) in [7, 11) is 0. The lowest BCUT2D eigenvalue weighted by atomic mass is 9.88. The first-order chi connectivity index (χ1) is 14.4. The standard InChI is InChI=1S/C24H23F2NO3/c1-15-7-9-18(27-22(15)16-5-3-2-4-6-16)14-21(28)23(11-12-23)17-8-10-19-20(13-17)30-24(25,26)29-19/h5,7-10,13H,2-4,6,11-12,14H2,1H3. The molecule has 2 aliphatic carbocycles. The van der Waals surface area contributed by atoms with E-state index in [9.17, 15) is 13.6 Å². The van der Waals surface area contributed by atoms with Gasteiger partial charge in [-0.25, -0.2) is 0 Å². The minimum Gasteiger partial charge on any atom is -0.395 e. The monoisotopic (exact) mass is 411 g/mol. The van der Waals surface area contributed by atoms with Gasteiger partial charge in [0.15, 0.2) is 11.5 Å². The van der Waals surface area contributed by atoms with Crippen molar-refractivity contribution in [2.45, 2.75) is 63.6 Å². The van der Waals surface area contributed by atoms with E-state index in [2.05, 4.69) is 15.5 Å². The lowest BCUT2D eigenvalue weighted by Gasteiger charge is -2.17. The van der Waals surface area contributed by atoms with Crippen molar-refractivity contribution in [3.05, 3.63) is 58.9 Å². The third kappa shape index (κ3) is 3.38. The van der Waals surface area contributed by atoms with Crippen LogP contribution in [0.5, 0.6) is 11.5 Å². The number of aryl methyl sites for hydroxylation is 1. The number of ketones is 1. The van der Waals surface area contributed by atoms with Crippen LogP contribution in [0, 0.1) is 6.92 Å². The lowest BCUT2D eigenvalue weighted by Crippen LogP contribution is -2.26. The number of fused-ring (bicyclic) bond motifs is 1. The molecule has 1 aromatic heterocycles. The van der Waals surface area contributed by atoms with Crippen molar-refractivity contribution < 1.29 is 23.0 Å². The van der Waals surface area contributed by atoms with Gasteiger partial charge >= 0.3 is 6.29 Å². The molecule has 0 unspecified atom stereocenters. The minimum atomic E-state index is -3.66. The molecule has 5 rings (SSSR count). The van der Waals surface area contributed by atoms with Gasteiger partial charge in [0.2, 0.25) is 0 Å². The van der Waals surface area contributed by atoms with Crippen LogP contribution in [-0.2, 0) is 16.6 Å². The smallest absolute Gasteiger partial charge is 0.395 e. The lowest BCUT2D eigenvalue weighted by molar-refractivity contribution is -0.286. The number of Topliss-reactive ketones (excluding diaryl/α,β-unsaturated/α-hetero) is 1. The summed E-state index contributed by atoms with van der Waals surface area (Å²) < 4.78 is 35.7. The number of ether oxygens (including phenoxy) is 2. The summed E-state index contributed by atoms with van der Waals surface area (Å²) in [6, 6.07) is 8.60. The van der Waals surface area contributed by atoms with Gasteiger partial charge in [-0.1, -0.05) is 18.2 Å². The van der Waals surface area contributed by atoms with Crippen LogP contribution in [0.2, 0.25) is 0 Å². The fourth-order valence-corrected chi connectivity index (χ4v) is 4.48. The molecule has 2 heterocycles. The minimum absolute atomic E-state index is 0.00222. The van der Waals surface area contributed by atoms with Gasteiger partial charge in [-0.2, -0.15) is 0 Å². The van der Waals surface area contributed by atoms with E-state index >= 15 is 0 Å². The molecule has 1 aromatic carbocycles. The molecule has 4 nitrogen and oxygen atoms in total. The number of pyridine rings is 1. The number of halogens is 2. The Morgan fingerprint density at radius 1 is 1.10 bits per heavy atom. The van der Waals surface area contributed by atoms with Crippen molar-refractivity contribution in [1.29, 1.82) is 0 Å². The van der Waals surface area contributed by atoms with Gasteiger partial charge in [0, 0.05) is 12.1 Å². The van der Waals surface area contributed by atoms with Crippen molar-refractivity contribution >= 4 is 11.4 Å². The molecule has 1 fully saturated rings. The highest BCUT2D eigenvalue weighted by atomic mass is 19.3. The van der Waals surface area contributed by atoms with Gasteiger partial charge in [-0.15, -0.1) is 8.78 Å². The van der Waals surface area contributed by atoms with Crippen molar-refractivity contribution in [3.8, 4) is 11.5 Å². The Kier molecular flexibility index (Phi) is 4.42. The van der Waals surface area contributed by atoms with Gasteiger partial charge in [0.1, 0.15) is 5.78 Å². The molecule has 1 aliphatic heterocycles. The van der Waals surface area contributed by atoms with E-state index in [1.165, 1.54) is 30.5 Å². The summed E-state index contributed by atoms with van der Waals surface area (Å²) in [5.74, 6) is 0.0437. The summed E-state index contributed by atoms with van der Waals surface area (Å²) in [6.07, 6.45) is 4.71. The molecule has 30 heavy (non-hydrogen) atoms. The van der Waals surface area contributed by atoms with Gasteiger partial charge in [-0.05, 0) is 80.3 Å². The van der Waals surface area contributed by atoms with Gasteiger partial charge < -0.3 is 9.47 Å². The number of rotatable bonds is 5. The molecule has 3 aliphatic rings. The maximum Gasteiger partial charge on any atom is 0.586 e. The quantitative estimate of drug-likeness (QED) is 0.651. The van der Waals surface area contributed by atoms with Gasteiger partial charge in [-0.3, -0.25) is 9.78 Å². The first-order valence-corrected chi connectivity index (χ1v) is 10.5.